The van der Waals surface area contributed by atoms with Crippen molar-refractivity contribution in [2.75, 3.05) is 0 Å². The molecule has 2 aromatic carbocycles. The van der Waals surface area contributed by atoms with Crippen molar-refractivity contribution >= 4 is 12.2 Å². The van der Waals surface area contributed by atoms with E-state index in [-0.39, 0.29) is 0 Å². The van der Waals surface area contributed by atoms with E-state index >= 15 is 0 Å². The lowest BCUT2D eigenvalue weighted by Gasteiger charge is -2.25. The first-order valence-corrected chi connectivity index (χ1v) is 7.80. The summed E-state index contributed by atoms with van der Waals surface area (Å²) in [5.74, 6) is 0.294. The number of aliphatic imine (C=N–C) groups is 2. The third-order valence-corrected chi connectivity index (χ3v) is 3.99. The summed E-state index contributed by atoms with van der Waals surface area (Å²) in [4.78, 5) is 30.2. The fourth-order valence-corrected chi connectivity index (χ4v) is 2.87. The summed E-state index contributed by atoms with van der Waals surface area (Å²) < 4.78 is 0. The molecule has 4 heteroatoms. The Morgan fingerprint density at radius 1 is 0.875 bits per heavy atom. The fourth-order valence-electron chi connectivity index (χ4n) is 2.87. The van der Waals surface area contributed by atoms with E-state index in [1.807, 2.05) is 56.3 Å². The molecule has 0 aromatic heterocycles. The van der Waals surface area contributed by atoms with E-state index in [2.05, 4.69) is 23.8 Å². The first-order valence-electron chi connectivity index (χ1n) is 7.80. The van der Waals surface area contributed by atoms with Gasteiger partial charge in [0, 0.05) is 11.1 Å². The van der Waals surface area contributed by atoms with Gasteiger partial charge in [-0.3, -0.25) is 0 Å². The Hall–Kier alpha value is -2.80. The molecule has 0 spiro atoms. The van der Waals surface area contributed by atoms with Crippen molar-refractivity contribution in [3.8, 4) is 0 Å². The van der Waals surface area contributed by atoms with Gasteiger partial charge in [-0.25, -0.2) is 9.59 Å². The summed E-state index contributed by atoms with van der Waals surface area (Å²) >= 11 is 0. The average molecular weight is 320 g/mol. The molecule has 2 rings (SSSR count). The van der Waals surface area contributed by atoms with Crippen LogP contribution >= 0.6 is 0 Å². The highest BCUT2D eigenvalue weighted by Crippen LogP contribution is 2.37. The van der Waals surface area contributed by atoms with Crippen molar-refractivity contribution in [1.29, 1.82) is 0 Å². The van der Waals surface area contributed by atoms with E-state index in [0.29, 0.717) is 17.0 Å². The Kier molecular flexibility index (Phi) is 5.25. The summed E-state index contributed by atoms with van der Waals surface area (Å²) in [6, 6.07) is 13.4. The molecule has 24 heavy (non-hydrogen) atoms. The van der Waals surface area contributed by atoms with Gasteiger partial charge in [0.2, 0.25) is 17.8 Å². The van der Waals surface area contributed by atoms with Gasteiger partial charge in [-0.15, -0.1) is 0 Å². The van der Waals surface area contributed by atoms with Crippen LogP contribution in [0, 0.1) is 13.8 Å². The van der Waals surface area contributed by atoms with Crippen molar-refractivity contribution < 1.29 is 9.59 Å². The largest absolute Gasteiger partial charge is 0.238 e. The average Bonchev–Trinajstić information content (AvgIpc) is 2.53. The molecule has 0 N–H and O–H groups in total. The van der Waals surface area contributed by atoms with Crippen LogP contribution in [-0.4, -0.2) is 12.2 Å². The Morgan fingerprint density at radius 2 is 1.46 bits per heavy atom. The fraction of sp³-hybridized carbons (Fsp3) is 0.300. The maximum absolute atomic E-state index is 11.1. The molecule has 0 atom stereocenters. The second-order valence-corrected chi connectivity index (χ2v) is 6.23. The van der Waals surface area contributed by atoms with Crippen LogP contribution in [0.25, 0.3) is 0 Å². The van der Waals surface area contributed by atoms with Gasteiger partial charge < -0.3 is 0 Å². The van der Waals surface area contributed by atoms with Gasteiger partial charge in [0.15, 0.2) is 0 Å². The summed E-state index contributed by atoms with van der Waals surface area (Å²) in [5, 5.41) is 0. The van der Waals surface area contributed by atoms with Crippen LogP contribution < -0.4 is 0 Å². The molecule has 0 radical (unpaired) electrons. The number of hydrogen-bond donors (Lipinski definition) is 0. The van der Waals surface area contributed by atoms with Gasteiger partial charge in [-0.05, 0) is 25.3 Å². The molecule has 0 aliphatic carbocycles. The van der Waals surface area contributed by atoms with Crippen LogP contribution in [0.3, 0.4) is 0 Å². The third kappa shape index (κ3) is 3.41. The van der Waals surface area contributed by atoms with E-state index in [4.69, 9.17) is 0 Å². The number of rotatable bonds is 5. The van der Waals surface area contributed by atoms with Crippen LogP contribution in [0.1, 0.15) is 47.6 Å². The summed E-state index contributed by atoms with van der Waals surface area (Å²) in [6.45, 7) is 8.04. The van der Waals surface area contributed by atoms with Gasteiger partial charge in [-0.1, -0.05) is 67.4 Å². The Labute approximate surface area is 142 Å². The van der Waals surface area contributed by atoms with Crippen LogP contribution in [0.2, 0.25) is 0 Å². The maximum Gasteiger partial charge on any atom is 0.238 e. The second-order valence-electron chi connectivity index (χ2n) is 6.23. The molecule has 4 nitrogen and oxygen atoms in total. The number of carbonyl (C=O) groups excluding carboxylic acids is 2. The zero-order valence-electron chi connectivity index (χ0n) is 14.3. The van der Waals surface area contributed by atoms with Crippen molar-refractivity contribution in [3.63, 3.8) is 0 Å². The molecular formula is C20H20N2O2. The number of benzene rings is 2. The van der Waals surface area contributed by atoms with Crippen LogP contribution in [0.5, 0.6) is 0 Å². The molecule has 0 saturated carbocycles. The molecule has 2 aromatic rings. The minimum Gasteiger partial charge on any atom is -0.211 e. The van der Waals surface area contributed by atoms with Crippen molar-refractivity contribution in [2.24, 2.45) is 9.98 Å². The number of nitrogens with zero attached hydrogens (tertiary/aromatic N) is 2. The number of aryl methyl sites for hydroxylation is 2. The van der Waals surface area contributed by atoms with Crippen LogP contribution in [-0.2, 0) is 15.3 Å². The van der Waals surface area contributed by atoms with E-state index in [1.165, 1.54) is 0 Å². The molecule has 0 bridgehead atoms. The third-order valence-electron chi connectivity index (χ3n) is 3.99. The smallest absolute Gasteiger partial charge is 0.211 e. The molecular weight excluding hydrogens is 300 g/mol. The van der Waals surface area contributed by atoms with Crippen LogP contribution in [0.4, 0.5) is 0 Å². The van der Waals surface area contributed by atoms with E-state index in [1.54, 1.807) is 12.2 Å². The Bertz CT molecular complexity index is 804. The quantitative estimate of drug-likeness (QED) is 0.609. The normalized spacial score (nSPS) is 12.9. The van der Waals surface area contributed by atoms with Crippen molar-refractivity contribution in [1.82, 2.24) is 0 Å². The molecule has 0 saturated heterocycles. The minimum absolute atomic E-state index is 0.294. The van der Waals surface area contributed by atoms with Gasteiger partial charge in [0.25, 0.3) is 0 Å². The minimum atomic E-state index is -1.45. The topological polar surface area (TPSA) is 58.9 Å². The predicted molar refractivity (Wildman–Crippen MR) is 93.5 cm³/mol. The lowest BCUT2D eigenvalue weighted by molar-refractivity contribution is 0.515. The SMILES string of the molecule is Cc1cc(C)cc(C(N=C=O)(N=C=O)c2cccc(C(C)C)c2)c1. The lowest BCUT2D eigenvalue weighted by atomic mass is 9.88. The van der Waals surface area contributed by atoms with Crippen molar-refractivity contribution in [3.05, 3.63) is 70.3 Å². The summed E-state index contributed by atoms with van der Waals surface area (Å²) in [5.41, 5.74) is 2.90. The molecule has 0 aliphatic rings. The first-order chi connectivity index (χ1) is 11.4. The Balaban J connectivity index is 2.83. The van der Waals surface area contributed by atoms with E-state index < -0.39 is 5.66 Å². The number of isocyanates is 2. The molecule has 0 amide bonds. The second kappa shape index (κ2) is 7.18. The highest BCUT2D eigenvalue weighted by Gasteiger charge is 2.35. The van der Waals surface area contributed by atoms with Gasteiger partial charge in [0.1, 0.15) is 0 Å². The van der Waals surface area contributed by atoms with E-state index in [9.17, 15) is 9.59 Å². The highest BCUT2D eigenvalue weighted by molar-refractivity contribution is 5.51. The molecule has 0 unspecified atom stereocenters. The lowest BCUT2D eigenvalue weighted by Crippen LogP contribution is -2.23. The summed E-state index contributed by atoms with van der Waals surface area (Å²) in [6.07, 6.45) is 3.16. The zero-order chi connectivity index (χ0) is 17.7. The molecule has 0 heterocycles. The molecule has 0 aliphatic heterocycles. The van der Waals surface area contributed by atoms with Crippen LogP contribution in [0.15, 0.2) is 52.4 Å². The predicted octanol–water partition coefficient (Wildman–Crippen LogP) is 4.30. The molecule has 122 valence electrons. The molecule has 0 fully saturated rings. The first kappa shape index (κ1) is 17.6. The zero-order valence-corrected chi connectivity index (χ0v) is 14.3. The number of hydrogen-bond acceptors (Lipinski definition) is 4. The standard InChI is InChI=1S/C20H20N2O2/c1-14(2)17-6-5-7-18(11-17)20(21-12-23,22-13-24)19-9-15(3)8-16(4)10-19/h5-11,14H,1-4H3. The highest BCUT2D eigenvalue weighted by atomic mass is 16.1. The van der Waals surface area contributed by atoms with Crippen molar-refractivity contribution in [2.45, 2.75) is 39.3 Å². The monoisotopic (exact) mass is 320 g/mol. The Morgan fingerprint density at radius 3 is 1.96 bits per heavy atom. The van der Waals surface area contributed by atoms with Gasteiger partial charge >= 0.3 is 0 Å². The maximum atomic E-state index is 11.1. The van der Waals surface area contributed by atoms with Gasteiger partial charge in [-0.2, -0.15) is 9.98 Å². The van der Waals surface area contributed by atoms with E-state index in [0.717, 1.165) is 16.7 Å². The van der Waals surface area contributed by atoms with Gasteiger partial charge in [0.05, 0.1) is 0 Å². The summed E-state index contributed by atoms with van der Waals surface area (Å²) in [7, 11) is 0.